The highest BCUT2D eigenvalue weighted by Crippen LogP contribution is 2.21. The smallest absolute Gasteiger partial charge is 0.329 e. The first kappa shape index (κ1) is 15.5. The van der Waals surface area contributed by atoms with E-state index in [1.807, 2.05) is 32.0 Å². The van der Waals surface area contributed by atoms with Gasteiger partial charge >= 0.3 is 5.97 Å². The van der Waals surface area contributed by atoms with E-state index in [9.17, 15) is 14.7 Å². The first-order valence-corrected chi connectivity index (χ1v) is 7.11. The molecule has 0 aliphatic carbocycles. The molecule has 5 nitrogen and oxygen atoms in total. The maximum atomic E-state index is 12.2. The van der Waals surface area contributed by atoms with Gasteiger partial charge in [0.25, 0.3) is 0 Å². The second-order valence-corrected chi connectivity index (χ2v) is 5.64. The summed E-state index contributed by atoms with van der Waals surface area (Å²) in [6.45, 7) is 4.72. The second kappa shape index (κ2) is 6.26. The number of rotatable bonds is 4. The van der Waals surface area contributed by atoms with Crippen molar-refractivity contribution in [3.05, 3.63) is 34.9 Å². The molecule has 1 fully saturated rings. The lowest BCUT2D eigenvalue weighted by molar-refractivity contribution is -0.152. The highest BCUT2D eigenvalue weighted by Gasteiger charge is 2.41. The van der Waals surface area contributed by atoms with E-state index in [0.717, 1.165) is 11.1 Å². The predicted molar refractivity (Wildman–Crippen MR) is 78.2 cm³/mol. The summed E-state index contributed by atoms with van der Waals surface area (Å²) < 4.78 is 5.19. The first-order chi connectivity index (χ1) is 9.93. The zero-order valence-electron chi connectivity index (χ0n) is 12.4. The molecule has 5 heteroatoms. The summed E-state index contributed by atoms with van der Waals surface area (Å²) in [4.78, 5) is 23.7. The number of carboxylic acid groups (broad SMARTS) is 1. The van der Waals surface area contributed by atoms with Gasteiger partial charge in [0.15, 0.2) is 0 Å². The molecule has 1 aliphatic heterocycles. The van der Waals surface area contributed by atoms with Crippen LogP contribution in [0.3, 0.4) is 0 Å². The maximum absolute atomic E-state index is 12.2. The van der Waals surface area contributed by atoms with Gasteiger partial charge in [0.1, 0.15) is 5.54 Å². The van der Waals surface area contributed by atoms with Crippen LogP contribution in [0.2, 0.25) is 0 Å². The van der Waals surface area contributed by atoms with E-state index in [0.29, 0.717) is 26.1 Å². The average molecular weight is 291 g/mol. The van der Waals surface area contributed by atoms with Gasteiger partial charge in [-0.3, -0.25) is 4.79 Å². The monoisotopic (exact) mass is 291 g/mol. The van der Waals surface area contributed by atoms with Crippen molar-refractivity contribution in [3.8, 4) is 0 Å². The molecule has 21 heavy (non-hydrogen) atoms. The lowest BCUT2D eigenvalue weighted by Gasteiger charge is -2.33. The Morgan fingerprint density at radius 2 is 1.90 bits per heavy atom. The van der Waals surface area contributed by atoms with Crippen molar-refractivity contribution >= 4 is 11.9 Å². The van der Waals surface area contributed by atoms with Crippen molar-refractivity contribution in [3.63, 3.8) is 0 Å². The van der Waals surface area contributed by atoms with Gasteiger partial charge in [-0.15, -0.1) is 0 Å². The largest absolute Gasteiger partial charge is 0.480 e. The van der Waals surface area contributed by atoms with Crippen LogP contribution < -0.4 is 5.32 Å². The van der Waals surface area contributed by atoms with Crippen molar-refractivity contribution in [2.45, 2.75) is 38.6 Å². The summed E-state index contributed by atoms with van der Waals surface area (Å²) >= 11 is 0. The SMILES string of the molecule is Cc1ccc(CC(=O)NC2(C(=O)O)CCOCC2)cc1C. The van der Waals surface area contributed by atoms with Crippen molar-refractivity contribution in [2.75, 3.05) is 13.2 Å². The zero-order valence-corrected chi connectivity index (χ0v) is 12.4. The molecule has 0 aromatic heterocycles. The van der Waals surface area contributed by atoms with Gasteiger partial charge in [-0.2, -0.15) is 0 Å². The van der Waals surface area contributed by atoms with Crippen LogP contribution in [0.5, 0.6) is 0 Å². The van der Waals surface area contributed by atoms with Gasteiger partial charge in [-0.1, -0.05) is 18.2 Å². The molecule has 114 valence electrons. The molecule has 2 rings (SSSR count). The lowest BCUT2D eigenvalue weighted by Crippen LogP contribution is -2.57. The van der Waals surface area contributed by atoms with Gasteiger partial charge < -0.3 is 15.2 Å². The van der Waals surface area contributed by atoms with Gasteiger partial charge in [-0.25, -0.2) is 4.79 Å². The molecule has 1 aliphatic rings. The fraction of sp³-hybridized carbons (Fsp3) is 0.500. The molecule has 1 amide bonds. The topological polar surface area (TPSA) is 75.6 Å². The molecule has 1 saturated heterocycles. The number of aliphatic carboxylic acids is 1. The van der Waals surface area contributed by atoms with Gasteiger partial charge in [0.05, 0.1) is 6.42 Å². The van der Waals surface area contributed by atoms with Crippen molar-refractivity contribution in [1.82, 2.24) is 5.32 Å². The summed E-state index contributed by atoms with van der Waals surface area (Å²) in [7, 11) is 0. The number of aryl methyl sites for hydroxylation is 2. The average Bonchev–Trinajstić information content (AvgIpc) is 2.43. The second-order valence-electron chi connectivity index (χ2n) is 5.64. The molecule has 1 aromatic rings. The Labute approximate surface area is 124 Å². The predicted octanol–water partition coefficient (Wildman–Crippen LogP) is 1.60. The van der Waals surface area contributed by atoms with Crippen LogP contribution in [0.25, 0.3) is 0 Å². The molecular weight excluding hydrogens is 270 g/mol. The molecule has 1 heterocycles. The van der Waals surface area contributed by atoms with Crippen LogP contribution in [0.15, 0.2) is 18.2 Å². The van der Waals surface area contributed by atoms with Crippen LogP contribution in [-0.2, 0) is 20.7 Å². The molecule has 0 radical (unpaired) electrons. The number of amides is 1. The number of hydrogen-bond acceptors (Lipinski definition) is 3. The molecule has 2 N–H and O–H groups in total. The normalized spacial score (nSPS) is 17.2. The Kier molecular flexibility index (Phi) is 4.63. The highest BCUT2D eigenvalue weighted by molar-refractivity contribution is 5.88. The minimum absolute atomic E-state index is 0.191. The highest BCUT2D eigenvalue weighted by atomic mass is 16.5. The summed E-state index contributed by atoms with van der Waals surface area (Å²) in [6.07, 6.45) is 0.805. The van der Waals surface area contributed by atoms with Crippen LogP contribution in [-0.4, -0.2) is 35.7 Å². The quantitative estimate of drug-likeness (QED) is 0.883. The Balaban J connectivity index is 2.05. The number of carbonyl (C=O) groups excluding carboxylic acids is 1. The van der Waals surface area contributed by atoms with E-state index in [1.54, 1.807) is 0 Å². The minimum Gasteiger partial charge on any atom is -0.480 e. The number of ether oxygens (including phenoxy) is 1. The van der Waals surface area contributed by atoms with E-state index in [4.69, 9.17) is 4.74 Å². The Bertz CT molecular complexity index is 547. The number of carbonyl (C=O) groups is 2. The summed E-state index contributed by atoms with van der Waals surface area (Å²) in [5, 5.41) is 12.1. The summed E-state index contributed by atoms with van der Waals surface area (Å²) in [6, 6.07) is 5.84. The fourth-order valence-corrected chi connectivity index (χ4v) is 2.52. The number of benzene rings is 1. The van der Waals surface area contributed by atoms with Gasteiger partial charge in [0, 0.05) is 26.1 Å². The molecule has 0 spiro atoms. The molecule has 1 aromatic carbocycles. The third-order valence-electron chi connectivity index (χ3n) is 4.07. The van der Waals surface area contributed by atoms with Crippen molar-refractivity contribution < 1.29 is 19.4 Å². The van der Waals surface area contributed by atoms with Crippen LogP contribution in [0.4, 0.5) is 0 Å². The van der Waals surface area contributed by atoms with Crippen LogP contribution in [0, 0.1) is 13.8 Å². The van der Waals surface area contributed by atoms with Gasteiger partial charge in [-0.05, 0) is 30.5 Å². The molecule has 0 unspecified atom stereocenters. The van der Waals surface area contributed by atoms with Crippen LogP contribution >= 0.6 is 0 Å². The third-order valence-corrected chi connectivity index (χ3v) is 4.07. The van der Waals surface area contributed by atoms with Gasteiger partial charge in [0.2, 0.25) is 5.91 Å². The molecular formula is C16H21NO4. The third kappa shape index (κ3) is 3.61. The number of hydrogen-bond donors (Lipinski definition) is 2. The molecule has 0 saturated carbocycles. The van der Waals surface area contributed by atoms with E-state index >= 15 is 0 Å². The standard InChI is InChI=1S/C16H21NO4/c1-11-3-4-13(9-12(11)2)10-14(18)17-16(15(19)20)5-7-21-8-6-16/h3-4,9H,5-8,10H2,1-2H3,(H,17,18)(H,19,20). The Hall–Kier alpha value is -1.88. The molecule has 0 bridgehead atoms. The maximum Gasteiger partial charge on any atom is 0.329 e. The van der Waals surface area contributed by atoms with Crippen LogP contribution in [0.1, 0.15) is 29.5 Å². The van der Waals surface area contributed by atoms with E-state index in [2.05, 4.69) is 5.32 Å². The summed E-state index contributed by atoms with van der Waals surface area (Å²) in [5.41, 5.74) is 2.00. The lowest BCUT2D eigenvalue weighted by atomic mass is 9.89. The van der Waals surface area contributed by atoms with Crippen molar-refractivity contribution in [1.29, 1.82) is 0 Å². The number of carboxylic acids is 1. The van der Waals surface area contributed by atoms with E-state index in [-0.39, 0.29) is 12.3 Å². The van der Waals surface area contributed by atoms with Crippen molar-refractivity contribution in [2.24, 2.45) is 0 Å². The Morgan fingerprint density at radius 3 is 2.48 bits per heavy atom. The summed E-state index contributed by atoms with van der Waals surface area (Å²) in [5.74, 6) is -1.25. The Morgan fingerprint density at radius 1 is 1.24 bits per heavy atom. The molecule has 0 atom stereocenters. The first-order valence-electron chi connectivity index (χ1n) is 7.11. The minimum atomic E-state index is -1.19. The number of nitrogens with one attached hydrogen (secondary N) is 1. The van der Waals surface area contributed by atoms with E-state index < -0.39 is 11.5 Å². The fourth-order valence-electron chi connectivity index (χ4n) is 2.52. The van der Waals surface area contributed by atoms with E-state index in [1.165, 1.54) is 5.56 Å². The zero-order chi connectivity index (χ0) is 15.5.